The number of rotatable bonds is 9. The van der Waals surface area contributed by atoms with E-state index in [1.54, 1.807) is 42.6 Å². The Labute approximate surface area is 174 Å². The van der Waals surface area contributed by atoms with Crippen LogP contribution in [0, 0.1) is 5.92 Å². The topological polar surface area (TPSA) is 79.7 Å². The number of hydrogen-bond acceptors (Lipinski definition) is 6. The maximum atomic E-state index is 13.1. The predicted octanol–water partition coefficient (Wildman–Crippen LogP) is 3.12. The van der Waals surface area contributed by atoms with Crippen LogP contribution in [0.5, 0.6) is 5.75 Å². The van der Waals surface area contributed by atoms with Gasteiger partial charge in [-0.3, -0.25) is 19.5 Å². The van der Waals surface area contributed by atoms with E-state index >= 15 is 0 Å². The highest BCUT2D eigenvalue weighted by molar-refractivity contribution is 8.04. The highest BCUT2D eigenvalue weighted by Crippen LogP contribution is 2.37. The Morgan fingerprint density at radius 3 is 2.48 bits per heavy atom. The maximum absolute atomic E-state index is 13.1. The molecule has 0 atom stereocenters. The molecule has 0 saturated carbocycles. The van der Waals surface area contributed by atoms with Gasteiger partial charge in [-0.1, -0.05) is 32.0 Å². The molecule has 0 radical (unpaired) electrons. The van der Waals surface area contributed by atoms with E-state index in [1.807, 2.05) is 6.07 Å². The van der Waals surface area contributed by atoms with Crippen LogP contribution in [-0.2, 0) is 16.1 Å². The van der Waals surface area contributed by atoms with Gasteiger partial charge in [-0.2, -0.15) is 0 Å². The van der Waals surface area contributed by atoms with Gasteiger partial charge >= 0.3 is 0 Å². The van der Waals surface area contributed by atoms with Gasteiger partial charge in [0.2, 0.25) is 0 Å². The summed E-state index contributed by atoms with van der Waals surface area (Å²) in [5, 5.41) is 9.20. The quantitative estimate of drug-likeness (QED) is 0.638. The van der Waals surface area contributed by atoms with Crippen LogP contribution >= 0.6 is 11.8 Å². The second-order valence-corrected chi connectivity index (χ2v) is 8.13. The first-order valence-electron chi connectivity index (χ1n) is 9.48. The third-order valence-electron chi connectivity index (χ3n) is 4.24. The number of aliphatic hydroxyl groups excluding tert-OH is 1. The average molecular weight is 413 g/mol. The van der Waals surface area contributed by atoms with Crippen molar-refractivity contribution < 1.29 is 19.4 Å². The molecule has 0 fully saturated rings. The monoisotopic (exact) mass is 412 g/mol. The number of aliphatic hydroxyl groups is 1. The van der Waals surface area contributed by atoms with E-state index in [-0.39, 0.29) is 25.0 Å². The molecule has 29 heavy (non-hydrogen) atoms. The molecule has 0 spiro atoms. The van der Waals surface area contributed by atoms with Gasteiger partial charge in [-0.15, -0.1) is 11.8 Å². The van der Waals surface area contributed by atoms with Crippen LogP contribution < -0.4 is 4.74 Å². The van der Waals surface area contributed by atoms with E-state index in [0.717, 1.165) is 5.75 Å². The van der Waals surface area contributed by atoms with Gasteiger partial charge in [-0.05, 0) is 35.7 Å². The van der Waals surface area contributed by atoms with Crippen molar-refractivity contribution in [2.75, 3.05) is 19.0 Å². The molecule has 3 rings (SSSR count). The lowest BCUT2D eigenvalue weighted by Crippen LogP contribution is -2.31. The molecule has 2 heterocycles. The molecule has 1 aliphatic heterocycles. The molecule has 0 aliphatic carbocycles. The highest BCUT2D eigenvalue weighted by atomic mass is 32.2. The van der Waals surface area contributed by atoms with Crippen LogP contribution in [0.4, 0.5) is 0 Å². The number of thioether (sulfide) groups is 1. The van der Waals surface area contributed by atoms with E-state index in [9.17, 15) is 14.7 Å². The number of pyridine rings is 1. The highest BCUT2D eigenvalue weighted by Gasteiger charge is 2.39. The Morgan fingerprint density at radius 2 is 1.86 bits per heavy atom. The predicted molar refractivity (Wildman–Crippen MR) is 113 cm³/mol. The number of imide groups is 1. The number of ether oxygens (including phenoxy) is 1. The molecular formula is C22H24N2O4S. The van der Waals surface area contributed by atoms with E-state index in [0.29, 0.717) is 40.0 Å². The zero-order chi connectivity index (χ0) is 20.8. The van der Waals surface area contributed by atoms with E-state index in [2.05, 4.69) is 18.8 Å². The Balaban J connectivity index is 1.87. The van der Waals surface area contributed by atoms with Gasteiger partial charge in [0.15, 0.2) is 0 Å². The first-order chi connectivity index (χ1) is 14.0. The molecule has 0 bridgehead atoms. The van der Waals surface area contributed by atoms with Crippen LogP contribution in [0.15, 0.2) is 53.6 Å². The maximum Gasteiger partial charge on any atom is 0.268 e. The van der Waals surface area contributed by atoms with Crippen molar-refractivity contribution in [3.05, 3.63) is 64.8 Å². The Kier molecular flexibility index (Phi) is 7.06. The van der Waals surface area contributed by atoms with Gasteiger partial charge in [0.1, 0.15) is 5.75 Å². The number of nitrogens with zero attached hydrogens (tertiary/aromatic N) is 2. The van der Waals surface area contributed by atoms with Crippen molar-refractivity contribution in [2.24, 2.45) is 5.92 Å². The molecule has 152 valence electrons. The summed E-state index contributed by atoms with van der Waals surface area (Å²) in [5.41, 5.74) is 1.66. The second-order valence-electron chi connectivity index (χ2n) is 7.02. The zero-order valence-electron chi connectivity index (χ0n) is 16.5. The van der Waals surface area contributed by atoms with Crippen LogP contribution in [0.3, 0.4) is 0 Å². The summed E-state index contributed by atoms with van der Waals surface area (Å²) in [6.07, 6.45) is 1.63. The third kappa shape index (κ3) is 5.05. The summed E-state index contributed by atoms with van der Waals surface area (Å²) in [6, 6.07) is 12.6. The van der Waals surface area contributed by atoms with Gasteiger partial charge in [-0.25, -0.2) is 0 Å². The molecule has 1 aromatic carbocycles. The van der Waals surface area contributed by atoms with Crippen LogP contribution in [0.1, 0.15) is 25.1 Å². The number of aromatic nitrogens is 1. The summed E-state index contributed by atoms with van der Waals surface area (Å²) >= 11 is 1.20. The Bertz CT molecular complexity index is 895. The lowest BCUT2D eigenvalue weighted by Gasteiger charge is -2.14. The molecule has 1 aliphatic rings. The first kappa shape index (κ1) is 21.1. The van der Waals surface area contributed by atoms with Crippen molar-refractivity contribution in [1.82, 2.24) is 9.88 Å². The number of hydrogen-bond donors (Lipinski definition) is 1. The molecule has 2 aromatic rings. The van der Waals surface area contributed by atoms with Crippen LogP contribution in [0.2, 0.25) is 0 Å². The molecule has 1 aromatic heterocycles. The minimum absolute atomic E-state index is 0.0782. The fourth-order valence-electron chi connectivity index (χ4n) is 2.87. The van der Waals surface area contributed by atoms with Crippen LogP contribution in [-0.4, -0.2) is 45.8 Å². The fourth-order valence-corrected chi connectivity index (χ4v) is 3.75. The normalized spacial score (nSPS) is 14.3. The smallest absolute Gasteiger partial charge is 0.268 e. The molecule has 2 amide bonds. The standard InChI is InChI=1S/C22H24N2O4S/c1-15(2)14-28-18-8-6-16(7-9-18)19-20(29-12-11-25)22(27)24(21(19)26)13-17-5-3-4-10-23-17/h3-10,15,25H,11-14H2,1-2H3. The van der Waals surface area contributed by atoms with Crippen molar-refractivity contribution in [1.29, 1.82) is 0 Å². The molecule has 7 heteroatoms. The minimum atomic E-state index is -0.353. The van der Waals surface area contributed by atoms with Crippen molar-refractivity contribution in [2.45, 2.75) is 20.4 Å². The lowest BCUT2D eigenvalue weighted by atomic mass is 10.1. The Morgan fingerprint density at radius 1 is 1.10 bits per heavy atom. The summed E-state index contributed by atoms with van der Waals surface area (Å²) in [7, 11) is 0. The SMILES string of the molecule is CC(C)COc1ccc(C2=C(SCCO)C(=O)N(Cc3ccccn3)C2=O)cc1. The molecule has 0 unspecified atom stereocenters. The summed E-state index contributed by atoms with van der Waals surface area (Å²) in [4.78, 5) is 31.8. The van der Waals surface area contributed by atoms with Gasteiger partial charge in [0, 0.05) is 11.9 Å². The van der Waals surface area contributed by atoms with Crippen molar-refractivity contribution >= 4 is 29.1 Å². The van der Waals surface area contributed by atoms with E-state index in [4.69, 9.17) is 4.74 Å². The third-order valence-corrected chi connectivity index (χ3v) is 5.29. The van der Waals surface area contributed by atoms with Gasteiger partial charge < -0.3 is 9.84 Å². The van der Waals surface area contributed by atoms with Crippen molar-refractivity contribution in [3.63, 3.8) is 0 Å². The fraction of sp³-hybridized carbons (Fsp3) is 0.318. The van der Waals surface area contributed by atoms with Crippen LogP contribution in [0.25, 0.3) is 5.57 Å². The van der Waals surface area contributed by atoms with Crippen molar-refractivity contribution in [3.8, 4) is 5.75 Å². The van der Waals surface area contributed by atoms with Gasteiger partial charge in [0.05, 0.1) is 35.9 Å². The molecule has 0 saturated heterocycles. The summed E-state index contributed by atoms with van der Waals surface area (Å²) in [5.74, 6) is 0.763. The zero-order valence-corrected chi connectivity index (χ0v) is 17.3. The summed E-state index contributed by atoms with van der Waals surface area (Å²) < 4.78 is 5.70. The van der Waals surface area contributed by atoms with E-state index < -0.39 is 0 Å². The molecule has 6 nitrogen and oxygen atoms in total. The first-order valence-corrected chi connectivity index (χ1v) is 10.5. The molecule has 1 N–H and O–H groups in total. The molecular weight excluding hydrogens is 388 g/mol. The van der Waals surface area contributed by atoms with Gasteiger partial charge in [0.25, 0.3) is 11.8 Å². The number of amides is 2. The minimum Gasteiger partial charge on any atom is -0.493 e. The number of carbonyl (C=O) groups is 2. The summed E-state index contributed by atoms with van der Waals surface area (Å²) in [6.45, 7) is 4.78. The second kappa shape index (κ2) is 9.71. The van der Waals surface area contributed by atoms with E-state index in [1.165, 1.54) is 16.7 Å². The number of benzene rings is 1. The lowest BCUT2D eigenvalue weighted by molar-refractivity contribution is -0.137. The largest absolute Gasteiger partial charge is 0.493 e. The Hall–Kier alpha value is -2.64. The number of carbonyl (C=O) groups excluding carboxylic acids is 2. The average Bonchev–Trinajstić information content (AvgIpc) is 2.96.